The van der Waals surface area contributed by atoms with Crippen LogP contribution in [0.15, 0.2) is 77.1 Å². The van der Waals surface area contributed by atoms with Crippen LogP contribution >= 0.6 is 11.3 Å². The number of nitrogens with two attached hydrogens (primary N) is 1. The van der Waals surface area contributed by atoms with Crippen molar-refractivity contribution in [3.63, 3.8) is 0 Å². The molecule has 0 radical (unpaired) electrons. The standard InChI is InChI=1S/C26H20FN3O2S/c1-15-29-22(14-33-15)16-8-10-19(11-9-16)30-25(17-6-7-18(13-28)21(27)12-17)24-20-4-2-3-5-23(20)32-26(24)31/h2-12,14,24H,13,28H2,1H3. The summed E-state index contributed by atoms with van der Waals surface area (Å²) in [4.78, 5) is 22.2. The molecule has 33 heavy (non-hydrogen) atoms. The summed E-state index contributed by atoms with van der Waals surface area (Å²) in [6.07, 6.45) is 0. The quantitative estimate of drug-likeness (QED) is 0.242. The predicted molar refractivity (Wildman–Crippen MR) is 128 cm³/mol. The van der Waals surface area contributed by atoms with Crippen molar-refractivity contribution in [1.29, 1.82) is 0 Å². The van der Waals surface area contributed by atoms with Gasteiger partial charge in [0, 0.05) is 34.2 Å². The molecular weight excluding hydrogens is 437 g/mol. The van der Waals surface area contributed by atoms with Gasteiger partial charge >= 0.3 is 5.97 Å². The Kier molecular flexibility index (Phi) is 5.58. The van der Waals surface area contributed by atoms with Crippen LogP contribution in [0.3, 0.4) is 0 Å². The third-order valence-electron chi connectivity index (χ3n) is 5.55. The van der Waals surface area contributed by atoms with Gasteiger partial charge in [0.15, 0.2) is 0 Å². The third-order valence-corrected chi connectivity index (χ3v) is 6.32. The normalized spacial score (nSPS) is 15.4. The van der Waals surface area contributed by atoms with Gasteiger partial charge in [-0.15, -0.1) is 11.3 Å². The Labute approximate surface area is 194 Å². The van der Waals surface area contributed by atoms with Crippen molar-refractivity contribution in [2.45, 2.75) is 19.4 Å². The second-order valence-corrected chi connectivity index (χ2v) is 8.76. The first-order valence-electron chi connectivity index (χ1n) is 10.4. The van der Waals surface area contributed by atoms with E-state index in [9.17, 15) is 9.18 Å². The first-order chi connectivity index (χ1) is 16.0. The van der Waals surface area contributed by atoms with Gasteiger partial charge in [-0.3, -0.25) is 9.79 Å². The SMILES string of the molecule is Cc1nc(-c2ccc(N=C(c3ccc(CN)c(F)c3)C3C(=O)Oc4ccccc43)cc2)cs1. The summed E-state index contributed by atoms with van der Waals surface area (Å²) in [7, 11) is 0. The summed E-state index contributed by atoms with van der Waals surface area (Å²) in [5.41, 5.74) is 10.2. The molecule has 1 aromatic heterocycles. The maximum atomic E-state index is 14.6. The lowest BCUT2D eigenvalue weighted by Gasteiger charge is -2.14. The summed E-state index contributed by atoms with van der Waals surface area (Å²) < 4.78 is 20.1. The van der Waals surface area contributed by atoms with Crippen LogP contribution in [0, 0.1) is 12.7 Å². The molecule has 0 fully saturated rings. The summed E-state index contributed by atoms with van der Waals surface area (Å²) in [5.74, 6) is -1.14. The number of hydrogen-bond acceptors (Lipinski definition) is 6. The molecule has 4 aromatic rings. The molecule has 2 heterocycles. The summed E-state index contributed by atoms with van der Waals surface area (Å²) in [5, 5.41) is 3.00. The third kappa shape index (κ3) is 4.08. The number of carbonyl (C=O) groups is 1. The van der Waals surface area contributed by atoms with E-state index in [1.165, 1.54) is 6.07 Å². The molecule has 0 aliphatic carbocycles. The van der Waals surface area contributed by atoms with E-state index in [4.69, 9.17) is 15.5 Å². The minimum Gasteiger partial charge on any atom is -0.425 e. The van der Waals surface area contributed by atoms with Crippen molar-refractivity contribution in [2.24, 2.45) is 10.7 Å². The van der Waals surface area contributed by atoms with Gasteiger partial charge in [-0.2, -0.15) is 0 Å². The van der Waals surface area contributed by atoms with Crippen molar-refractivity contribution in [3.8, 4) is 17.0 Å². The zero-order valence-electron chi connectivity index (χ0n) is 17.8. The van der Waals surface area contributed by atoms with Crippen LogP contribution in [0.2, 0.25) is 0 Å². The number of benzene rings is 3. The molecule has 7 heteroatoms. The Balaban J connectivity index is 1.60. The van der Waals surface area contributed by atoms with Crippen LogP contribution < -0.4 is 10.5 Å². The molecule has 1 aliphatic heterocycles. The van der Waals surface area contributed by atoms with Gasteiger partial charge in [0.1, 0.15) is 17.5 Å². The largest absolute Gasteiger partial charge is 0.425 e. The van der Waals surface area contributed by atoms with Gasteiger partial charge in [-0.25, -0.2) is 9.37 Å². The summed E-state index contributed by atoms with van der Waals surface area (Å²) >= 11 is 1.59. The number of aliphatic imine (C=N–C) groups is 1. The zero-order chi connectivity index (χ0) is 22.9. The number of aromatic nitrogens is 1. The number of para-hydroxylation sites is 1. The smallest absolute Gasteiger partial charge is 0.325 e. The van der Waals surface area contributed by atoms with Gasteiger partial charge in [0.25, 0.3) is 0 Å². The number of aryl methyl sites for hydroxylation is 1. The second-order valence-electron chi connectivity index (χ2n) is 7.70. The van der Waals surface area contributed by atoms with E-state index < -0.39 is 17.7 Å². The molecule has 1 aliphatic rings. The lowest BCUT2D eigenvalue weighted by Crippen LogP contribution is -2.21. The van der Waals surface area contributed by atoms with Crippen molar-refractivity contribution in [1.82, 2.24) is 4.98 Å². The number of ether oxygens (including phenoxy) is 1. The van der Waals surface area contributed by atoms with E-state index in [1.807, 2.05) is 48.7 Å². The Bertz CT molecular complexity index is 1380. The van der Waals surface area contributed by atoms with E-state index in [-0.39, 0.29) is 6.54 Å². The van der Waals surface area contributed by atoms with E-state index in [1.54, 1.807) is 35.6 Å². The van der Waals surface area contributed by atoms with Crippen LogP contribution in [-0.2, 0) is 11.3 Å². The maximum absolute atomic E-state index is 14.6. The molecule has 1 unspecified atom stereocenters. The van der Waals surface area contributed by atoms with Gasteiger partial charge in [0.2, 0.25) is 0 Å². The number of halogens is 1. The topological polar surface area (TPSA) is 77.6 Å². The van der Waals surface area contributed by atoms with Gasteiger partial charge in [-0.05, 0) is 31.2 Å². The second kappa shape index (κ2) is 8.69. The molecule has 0 saturated carbocycles. The van der Waals surface area contributed by atoms with E-state index in [0.717, 1.165) is 16.3 Å². The molecule has 3 aromatic carbocycles. The first kappa shape index (κ1) is 21.2. The van der Waals surface area contributed by atoms with Crippen LogP contribution in [0.5, 0.6) is 5.75 Å². The van der Waals surface area contributed by atoms with Crippen LogP contribution in [-0.4, -0.2) is 16.7 Å². The molecular formula is C26H20FN3O2S. The molecule has 5 rings (SSSR count). The van der Waals surface area contributed by atoms with Crippen LogP contribution in [0.1, 0.15) is 27.6 Å². The number of thiazole rings is 1. The highest BCUT2D eigenvalue weighted by atomic mass is 32.1. The van der Waals surface area contributed by atoms with Crippen molar-refractivity contribution < 1.29 is 13.9 Å². The van der Waals surface area contributed by atoms with E-state index >= 15 is 0 Å². The average molecular weight is 458 g/mol. The average Bonchev–Trinajstić information content (AvgIpc) is 3.40. The van der Waals surface area contributed by atoms with Gasteiger partial charge in [-0.1, -0.05) is 42.5 Å². The minimum atomic E-state index is -0.759. The summed E-state index contributed by atoms with van der Waals surface area (Å²) in [6.45, 7) is 2.05. The summed E-state index contributed by atoms with van der Waals surface area (Å²) in [6, 6.07) is 19.6. The first-order valence-corrected chi connectivity index (χ1v) is 11.3. The Morgan fingerprint density at radius 1 is 1.15 bits per heavy atom. The van der Waals surface area contributed by atoms with Crippen molar-refractivity contribution in [3.05, 3.63) is 99.6 Å². The highest BCUT2D eigenvalue weighted by molar-refractivity contribution is 7.09. The molecule has 164 valence electrons. The molecule has 1 atom stereocenters. The molecule has 0 amide bonds. The van der Waals surface area contributed by atoms with E-state index in [0.29, 0.717) is 33.8 Å². The Morgan fingerprint density at radius 3 is 2.64 bits per heavy atom. The lowest BCUT2D eigenvalue weighted by molar-refractivity contribution is -0.132. The highest BCUT2D eigenvalue weighted by Crippen LogP contribution is 2.38. The molecule has 0 bridgehead atoms. The number of nitrogens with zero attached hydrogens (tertiary/aromatic N) is 2. The molecule has 0 saturated heterocycles. The Hall–Kier alpha value is -3.68. The highest BCUT2D eigenvalue weighted by Gasteiger charge is 2.37. The van der Waals surface area contributed by atoms with Crippen molar-refractivity contribution >= 4 is 28.7 Å². The van der Waals surface area contributed by atoms with E-state index in [2.05, 4.69) is 4.98 Å². The number of esters is 1. The van der Waals surface area contributed by atoms with Crippen LogP contribution in [0.25, 0.3) is 11.3 Å². The maximum Gasteiger partial charge on any atom is 0.325 e. The predicted octanol–water partition coefficient (Wildman–Crippen LogP) is 5.54. The number of fused-ring (bicyclic) bond motifs is 1. The monoisotopic (exact) mass is 457 g/mol. The lowest BCUT2D eigenvalue weighted by atomic mass is 9.90. The zero-order valence-corrected chi connectivity index (χ0v) is 18.6. The Morgan fingerprint density at radius 2 is 1.94 bits per heavy atom. The van der Waals surface area contributed by atoms with Gasteiger partial charge in [0.05, 0.1) is 22.1 Å². The fraction of sp³-hybridized carbons (Fsp3) is 0.115. The fourth-order valence-corrected chi connectivity index (χ4v) is 4.50. The fourth-order valence-electron chi connectivity index (χ4n) is 3.87. The van der Waals surface area contributed by atoms with Crippen LogP contribution in [0.4, 0.5) is 10.1 Å². The minimum absolute atomic E-state index is 0.0877. The van der Waals surface area contributed by atoms with Crippen molar-refractivity contribution in [2.75, 3.05) is 0 Å². The van der Waals surface area contributed by atoms with Gasteiger partial charge < -0.3 is 10.5 Å². The molecule has 2 N–H and O–H groups in total. The molecule has 0 spiro atoms. The number of carbonyl (C=O) groups excluding carboxylic acids is 1. The number of hydrogen-bond donors (Lipinski definition) is 1. The number of rotatable bonds is 5. The molecule has 5 nitrogen and oxygen atoms in total.